The van der Waals surface area contributed by atoms with Gasteiger partial charge >= 0.3 is 6.18 Å². The molecule has 3 aromatic carbocycles. The van der Waals surface area contributed by atoms with E-state index in [4.69, 9.17) is 4.74 Å². The van der Waals surface area contributed by atoms with Crippen molar-refractivity contribution in [3.05, 3.63) is 72.3 Å². The van der Waals surface area contributed by atoms with E-state index in [0.29, 0.717) is 16.9 Å². The minimum Gasteiger partial charge on any atom is -0.508 e. The van der Waals surface area contributed by atoms with E-state index in [-0.39, 0.29) is 17.2 Å². The van der Waals surface area contributed by atoms with Gasteiger partial charge in [-0.15, -0.1) is 0 Å². The molecule has 6 heteroatoms. The summed E-state index contributed by atoms with van der Waals surface area (Å²) in [5, 5.41) is 19.4. The highest BCUT2D eigenvalue weighted by molar-refractivity contribution is 5.76. The van der Waals surface area contributed by atoms with E-state index in [1.807, 2.05) is 0 Å². The third-order valence-corrected chi connectivity index (χ3v) is 3.57. The number of para-hydroxylation sites is 1. The molecule has 0 spiro atoms. The van der Waals surface area contributed by atoms with Gasteiger partial charge in [0.2, 0.25) is 0 Å². The first kappa shape index (κ1) is 16.7. The van der Waals surface area contributed by atoms with E-state index in [9.17, 15) is 23.4 Å². The average Bonchev–Trinajstić information content (AvgIpc) is 2.55. The monoisotopic (exact) mass is 346 g/mol. The molecule has 128 valence electrons. The number of halogens is 3. The van der Waals surface area contributed by atoms with E-state index in [1.165, 1.54) is 30.3 Å². The summed E-state index contributed by atoms with van der Waals surface area (Å²) in [5.41, 5.74) is 0.213. The van der Waals surface area contributed by atoms with Crippen molar-refractivity contribution in [3.63, 3.8) is 0 Å². The quantitative estimate of drug-likeness (QED) is 0.651. The molecule has 0 fully saturated rings. The van der Waals surface area contributed by atoms with Gasteiger partial charge in [-0.2, -0.15) is 13.2 Å². The van der Waals surface area contributed by atoms with Crippen LogP contribution in [0.1, 0.15) is 5.56 Å². The largest absolute Gasteiger partial charge is 0.508 e. The van der Waals surface area contributed by atoms with Gasteiger partial charge in [-0.3, -0.25) is 0 Å². The second kappa shape index (κ2) is 6.39. The molecule has 0 aliphatic rings. The lowest BCUT2D eigenvalue weighted by atomic mass is 10.0. The Morgan fingerprint density at radius 2 is 1.44 bits per heavy atom. The summed E-state index contributed by atoms with van der Waals surface area (Å²) in [6.45, 7) is 0. The van der Waals surface area contributed by atoms with Crippen LogP contribution in [0.25, 0.3) is 11.1 Å². The Balaban J connectivity index is 1.94. The Morgan fingerprint density at radius 1 is 0.760 bits per heavy atom. The summed E-state index contributed by atoms with van der Waals surface area (Å²) in [5.74, 6) is 0.382. The Bertz CT molecular complexity index is 887. The van der Waals surface area contributed by atoms with Crippen molar-refractivity contribution in [1.29, 1.82) is 0 Å². The maximum Gasteiger partial charge on any atom is 0.416 e. The maximum atomic E-state index is 12.6. The molecule has 0 saturated carbocycles. The molecular formula is C19H13F3O3. The molecule has 0 unspecified atom stereocenters. The fourth-order valence-electron chi connectivity index (χ4n) is 2.36. The molecular weight excluding hydrogens is 333 g/mol. The van der Waals surface area contributed by atoms with Crippen LogP contribution >= 0.6 is 0 Å². The van der Waals surface area contributed by atoms with E-state index in [0.717, 1.165) is 12.1 Å². The highest BCUT2D eigenvalue weighted by Crippen LogP contribution is 2.39. The van der Waals surface area contributed by atoms with E-state index >= 15 is 0 Å². The number of aromatic hydroxyl groups is 2. The van der Waals surface area contributed by atoms with Crippen LogP contribution in [0.15, 0.2) is 66.7 Å². The van der Waals surface area contributed by atoms with Gasteiger partial charge in [-0.05, 0) is 42.5 Å². The van der Waals surface area contributed by atoms with Crippen molar-refractivity contribution in [2.75, 3.05) is 0 Å². The Labute approximate surface area is 141 Å². The third kappa shape index (κ3) is 3.68. The Hall–Kier alpha value is -3.15. The third-order valence-electron chi connectivity index (χ3n) is 3.57. The molecule has 0 saturated heterocycles. The summed E-state index contributed by atoms with van der Waals surface area (Å²) >= 11 is 0. The van der Waals surface area contributed by atoms with Crippen molar-refractivity contribution in [3.8, 4) is 34.1 Å². The van der Waals surface area contributed by atoms with Crippen LogP contribution in [0.2, 0.25) is 0 Å². The van der Waals surface area contributed by atoms with Crippen LogP contribution in [0.5, 0.6) is 23.0 Å². The standard InChI is InChI=1S/C19H13F3O3/c20-19(21,22)12-5-8-14(9-6-12)25-18-4-2-1-3-16(18)15-10-7-13(23)11-17(15)24/h1-11,23-24H. The molecule has 0 aromatic heterocycles. The molecule has 0 atom stereocenters. The van der Waals surface area contributed by atoms with Crippen LogP contribution in [0.3, 0.4) is 0 Å². The van der Waals surface area contributed by atoms with Gasteiger partial charge in [0.1, 0.15) is 23.0 Å². The van der Waals surface area contributed by atoms with Crippen LogP contribution in [-0.2, 0) is 6.18 Å². The summed E-state index contributed by atoms with van der Waals surface area (Å²) in [6, 6.07) is 15.3. The van der Waals surface area contributed by atoms with Crippen molar-refractivity contribution in [2.45, 2.75) is 6.18 Å². The zero-order valence-corrected chi connectivity index (χ0v) is 12.8. The van der Waals surface area contributed by atoms with Crippen LogP contribution in [-0.4, -0.2) is 10.2 Å². The Kier molecular flexibility index (Phi) is 4.27. The lowest BCUT2D eigenvalue weighted by Gasteiger charge is -2.13. The number of phenols is 2. The first-order chi connectivity index (χ1) is 11.8. The molecule has 0 amide bonds. The summed E-state index contributed by atoms with van der Waals surface area (Å²) in [6.07, 6.45) is -4.41. The molecule has 0 radical (unpaired) electrons. The zero-order chi connectivity index (χ0) is 18.0. The van der Waals surface area contributed by atoms with Crippen LogP contribution < -0.4 is 4.74 Å². The number of hydrogen-bond donors (Lipinski definition) is 2. The van der Waals surface area contributed by atoms with E-state index < -0.39 is 11.7 Å². The summed E-state index contributed by atoms with van der Waals surface area (Å²) in [7, 11) is 0. The summed E-state index contributed by atoms with van der Waals surface area (Å²) in [4.78, 5) is 0. The lowest BCUT2D eigenvalue weighted by Crippen LogP contribution is -2.04. The number of alkyl halides is 3. The molecule has 3 aromatic rings. The second-order valence-electron chi connectivity index (χ2n) is 5.32. The molecule has 0 aliphatic carbocycles. The number of phenolic OH excluding ortho intramolecular Hbond substituents is 2. The van der Waals surface area contributed by atoms with Crippen molar-refractivity contribution in [2.24, 2.45) is 0 Å². The SMILES string of the molecule is Oc1ccc(-c2ccccc2Oc2ccc(C(F)(F)F)cc2)c(O)c1. The van der Waals surface area contributed by atoms with Gasteiger partial charge < -0.3 is 14.9 Å². The molecule has 2 N–H and O–H groups in total. The first-order valence-electron chi connectivity index (χ1n) is 7.31. The molecule has 0 heterocycles. The van der Waals surface area contributed by atoms with Crippen molar-refractivity contribution >= 4 is 0 Å². The minimum absolute atomic E-state index is 0.0811. The van der Waals surface area contributed by atoms with Gasteiger partial charge in [0, 0.05) is 17.2 Å². The number of rotatable bonds is 3. The van der Waals surface area contributed by atoms with Crippen LogP contribution in [0.4, 0.5) is 13.2 Å². The normalized spacial score (nSPS) is 11.3. The Morgan fingerprint density at radius 3 is 2.08 bits per heavy atom. The van der Waals surface area contributed by atoms with Gasteiger partial charge in [0.15, 0.2) is 0 Å². The molecule has 0 aliphatic heterocycles. The highest BCUT2D eigenvalue weighted by Gasteiger charge is 2.30. The zero-order valence-electron chi connectivity index (χ0n) is 12.8. The fourth-order valence-corrected chi connectivity index (χ4v) is 2.36. The van der Waals surface area contributed by atoms with Crippen molar-refractivity contribution < 1.29 is 28.1 Å². The topological polar surface area (TPSA) is 49.7 Å². The second-order valence-corrected chi connectivity index (χ2v) is 5.32. The molecule has 0 bridgehead atoms. The minimum atomic E-state index is -4.41. The predicted molar refractivity (Wildman–Crippen MR) is 86.7 cm³/mol. The molecule has 3 nitrogen and oxygen atoms in total. The van der Waals surface area contributed by atoms with Gasteiger partial charge in [0.25, 0.3) is 0 Å². The van der Waals surface area contributed by atoms with Crippen LogP contribution in [0, 0.1) is 0 Å². The first-order valence-corrected chi connectivity index (χ1v) is 7.31. The van der Waals surface area contributed by atoms with Crippen molar-refractivity contribution in [1.82, 2.24) is 0 Å². The lowest BCUT2D eigenvalue weighted by molar-refractivity contribution is -0.137. The molecule has 25 heavy (non-hydrogen) atoms. The van der Waals surface area contributed by atoms with E-state index in [1.54, 1.807) is 24.3 Å². The average molecular weight is 346 g/mol. The fraction of sp³-hybridized carbons (Fsp3) is 0.0526. The number of ether oxygens (including phenoxy) is 1. The number of hydrogen-bond acceptors (Lipinski definition) is 3. The van der Waals surface area contributed by atoms with Gasteiger partial charge in [-0.1, -0.05) is 18.2 Å². The smallest absolute Gasteiger partial charge is 0.416 e. The number of benzene rings is 3. The van der Waals surface area contributed by atoms with E-state index in [2.05, 4.69) is 0 Å². The summed E-state index contributed by atoms with van der Waals surface area (Å²) < 4.78 is 43.5. The van der Waals surface area contributed by atoms with Gasteiger partial charge in [-0.25, -0.2) is 0 Å². The highest BCUT2D eigenvalue weighted by atomic mass is 19.4. The predicted octanol–water partition coefficient (Wildman–Crippen LogP) is 5.58. The molecule has 3 rings (SSSR count). The van der Waals surface area contributed by atoms with Gasteiger partial charge in [0.05, 0.1) is 5.56 Å². The maximum absolute atomic E-state index is 12.6.